The molecule has 104 valence electrons. The van der Waals surface area contributed by atoms with Crippen LogP contribution < -0.4 is 0 Å². The Morgan fingerprint density at radius 2 is 2.00 bits per heavy atom. The highest BCUT2D eigenvalue weighted by Crippen LogP contribution is 2.22. The number of hydrogen-bond acceptors (Lipinski definition) is 3. The van der Waals surface area contributed by atoms with Gasteiger partial charge in [0.2, 0.25) is 0 Å². The maximum Gasteiger partial charge on any atom is 0.412 e. The summed E-state index contributed by atoms with van der Waals surface area (Å²) in [5.41, 5.74) is 0.916. The van der Waals surface area contributed by atoms with Crippen LogP contribution in [0.25, 0.3) is 0 Å². The van der Waals surface area contributed by atoms with E-state index in [1.807, 2.05) is 37.3 Å². The summed E-state index contributed by atoms with van der Waals surface area (Å²) in [4.78, 5) is 13.5. The van der Waals surface area contributed by atoms with Crippen molar-refractivity contribution in [1.29, 1.82) is 0 Å². The first-order valence-electron chi connectivity index (χ1n) is 6.45. The predicted octanol–water partition coefficient (Wildman–Crippen LogP) is 3.37. The third-order valence-corrected chi connectivity index (χ3v) is 2.52. The molecule has 1 unspecified atom stereocenters. The second-order valence-electron chi connectivity index (χ2n) is 3.86. The molecule has 0 radical (unpaired) electrons. The lowest BCUT2D eigenvalue weighted by molar-refractivity contribution is -0.0464. The van der Waals surface area contributed by atoms with Crippen molar-refractivity contribution < 1.29 is 14.3 Å². The molecule has 0 aliphatic rings. The minimum Gasteiger partial charge on any atom is -0.450 e. The SMILES string of the molecule is C=CCN(C(=O)OCC)C(OCC)c1ccccc1. The van der Waals surface area contributed by atoms with Crippen LogP contribution in [0.1, 0.15) is 25.6 Å². The number of carbonyl (C=O) groups excluding carboxylic acids is 1. The Bertz CT molecular complexity index is 392. The van der Waals surface area contributed by atoms with Crippen molar-refractivity contribution in [2.75, 3.05) is 19.8 Å². The lowest BCUT2D eigenvalue weighted by Crippen LogP contribution is -2.37. The molecule has 19 heavy (non-hydrogen) atoms. The van der Waals surface area contributed by atoms with E-state index < -0.39 is 12.3 Å². The van der Waals surface area contributed by atoms with Gasteiger partial charge < -0.3 is 9.47 Å². The van der Waals surface area contributed by atoms with Crippen molar-refractivity contribution in [3.05, 3.63) is 48.6 Å². The average Bonchev–Trinajstić information content (AvgIpc) is 2.44. The van der Waals surface area contributed by atoms with Gasteiger partial charge in [-0.05, 0) is 13.8 Å². The van der Waals surface area contributed by atoms with Crippen molar-refractivity contribution in [1.82, 2.24) is 4.90 Å². The number of ether oxygens (including phenoxy) is 2. The predicted molar refractivity (Wildman–Crippen MR) is 74.7 cm³/mol. The summed E-state index contributed by atoms with van der Waals surface area (Å²) in [6.07, 6.45) is 0.805. The number of hydrogen-bond donors (Lipinski definition) is 0. The van der Waals surface area contributed by atoms with Crippen LogP contribution in [0.4, 0.5) is 4.79 Å². The van der Waals surface area contributed by atoms with Gasteiger partial charge in [-0.3, -0.25) is 4.90 Å². The minimum absolute atomic E-state index is 0.333. The highest BCUT2D eigenvalue weighted by Gasteiger charge is 2.25. The molecule has 1 aromatic carbocycles. The molecule has 0 bridgehead atoms. The summed E-state index contributed by atoms with van der Waals surface area (Å²) in [7, 11) is 0. The zero-order chi connectivity index (χ0) is 14.1. The number of nitrogens with zero attached hydrogens (tertiary/aromatic N) is 1. The molecule has 1 rings (SSSR count). The summed E-state index contributed by atoms with van der Waals surface area (Å²) in [5, 5.41) is 0. The first-order chi connectivity index (χ1) is 9.24. The lowest BCUT2D eigenvalue weighted by atomic mass is 10.2. The van der Waals surface area contributed by atoms with Gasteiger partial charge in [-0.1, -0.05) is 36.4 Å². The van der Waals surface area contributed by atoms with E-state index in [9.17, 15) is 4.79 Å². The van der Waals surface area contributed by atoms with Crippen molar-refractivity contribution in [2.24, 2.45) is 0 Å². The van der Waals surface area contributed by atoms with Crippen LogP contribution in [-0.2, 0) is 9.47 Å². The fourth-order valence-electron chi connectivity index (χ4n) is 1.75. The molecular weight excluding hydrogens is 242 g/mol. The Hall–Kier alpha value is -1.81. The molecule has 1 aromatic rings. The maximum atomic E-state index is 12.0. The Labute approximate surface area is 114 Å². The van der Waals surface area contributed by atoms with E-state index >= 15 is 0 Å². The standard InChI is InChI=1S/C15H21NO3/c1-4-12-16(15(17)19-6-3)14(18-5-2)13-10-8-7-9-11-13/h4,7-11,14H,1,5-6,12H2,2-3H3. The lowest BCUT2D eigenvalue weighted by Gasteiger charge is -2.30. The number of rotatable bonds is 7. The molecule has 4 nitrogen and oxygen atoms in total. The van der Waals surface area contributed by atoms with Gasteiger partial charge in [0.05, 0.1) is 6.61 Å². The van der Waals surface area contributed by atoms with Crippen LogP contribution in [0.15, 0.2) is 43.0 Å². The molecular formula is C15H21NO3. The zero-order valence-corrected chi connectivity index (χ0v) is 11.5. The van der Waals surface area contributed by atoms with E-state index in [0.29, 0.717) is 19.8 Å². The molecule has 0 saturated carbocycles. The Balaban J connectivity index is 2.98. The topological polar surface area (TPSA) is 38.8 Å². The van der Waals surface area contributed by atoms with Gasteiger partial charge in [0.25, 0.3) is 0 Å². The van der Waals surface area contributed by atoms with Crippen molar-refractivity contribution >= 4 is 6.09 Å². The van der Waals surface area contributed by atoms with Crippen molar-refractivity contribution in [3.63, 3.8) is 0 Å². The Morgan fingerprint density at radius 1 is 1.32 bits per heavy atom. The van der Waals surface area contributed by atoms with E-state index in [0.717, 1.165) is 5.56 Å². The average molecular weight is 263 g/mol. The van der Waals surface area contributed by atoms with Gasteiger partial charge in [-0.25, -0.2) is 4.79 Å². The third-order valence-electron chi connectivity index (χ3n) is 2.52. The summed E-state index contributed by atoms with van der Waals surface area (Å²) in [5.74, 6) is 0. The van der Waals surface area contributed by atoms with Crippen molar-refractivity contribution in [3.8, 4) is 0 Å². The van der Waals surface area contributed by atoms with Gasteiger partial charge in [0.15, 0.2) is 6.23 Å². The monoisotopic (exact) mass is 263 g/mol. The summed E-state index contributed by atoms with van der Waals surface area (Å²) < 4.78 is 10.8. The van der Waals surface area contributed by atoms with Crippen LogP contribution in [0.3, 0.4) is 0 Å². The molecule has 0 heterocycles. The van der Waals surface area contributed by atoms with Crippen molar-refractivity contribution in [2.45, 2.75) is 20.1 Å². The molecule has 0 saturated heterocycles. The van der Waals surface area contributed by atoms with Crippen LogP contribution in [0.2, 0.25) is 0 Å². The normalized spacial score (nSPS) is 11.7. The van der Waals surface area contributed by atoms with E-state index in [4.69, 9.17) is 9.47 Å². The second kappa shape index (κ2) is 8.32. The molecule has 1 atom stereocenters. The largest absolute Gasteiger partial charge is 0.450 e. The minimum atomic E-state index is -0.455. The van der Waals surface area contributed by atoms with Gasteiger partial charge in [-0.15, -0.1) is 6.58 Å². The number of amides is 1. The van der Waals surface area contributed by atoms with E-state index in [1.165, 1.54) is 4.90 Å². The first-order valence-corrected chi connectivity index (χ1v) is 6.45. The van der Waals surface area contributed by atoms with Gasteiger partial charge in [-0.2, -0.15) is 0 Å². The molecule has 4 heteroatoms. The first kappa shape index (κ1) is 15.2. The zero-order valence-electron chi connectivity index (χ0n) is 11.5. The molecule has 0 aliphatic heterocycles. The van der Waals surface area contributed by atoms with Crippen LogP contribution >= 0.6 is 0 Å². The van der Waals surface area contributed by atoms with Crippen LogP contribution in [-0.4, -0.2) is 30.8 Å². The third kappa shape index (κ3) is 4.41. The number of carbonyl (C=O) groups is 1. The Kier molecular flexibility index (Phi) is 6.68. The molecule has 0 fully saturated rings. The number of benzene rings is 1. The van der Waals surface area contributed by atoms with Gasteiger partial charge >= 0.3 is 6.09 Å². The second-order valence-corrected chi connectivity index (χ2v) is 3.86. The maximum absolute atomic E-state index is 12.0. The van der Waals surface area contributed by atoms with E-state index in [1.54, 1.807) is 13.0 Å². The van der Waals surface area contributed by atoms with E-state index in [2.05, 4.69) is 6.58 Å². The quantitative estimate of drug-likeness (QED) is 0.559. The smallest absolute Gasteiger partial charge is 0.412 e. The molecule has 1 amide bonds. The highest BCUT2D eigenvalue weighted by molar-refractivity contribution is 5.68. The van der Waals surface area contributed by atoms with Gasteiger partial charge in [0, 0.05) is 18.7 Å². The molecule has 0 spiro atoms. The summed E-state index contributed by atoms with van der Waals surface area (Å²) >= 11 is 0. The van der Waals surface area contributed by atoms with Crippen LogP contribution in [0.5, 0.6) is 0 Å². The Morgan fingerprint density at radius 3 is 2.53 bits per heavy atom. The summed E-state index contributed by atoms with van der Waals surface area (Å²) in [6, 6.07) is 9.61. The van der Waals surface area contributed by atoms with Gasteiger partial charge in [0.1, 0.15) is 0 Å². The summed E-state index contributed by atoms with van der Waals surface area (Å²) in [6.45, 7) is 8.56. The van der Waals surface area contributed by atoms with E-state index in [-0.39, 0.29) is 0 Å². The molecule has 0 aromatic heterocycles. The highest BCUT2D eigenvalue weighted by atomic mass is 16.6. The van der Waals surface area contributed by atoms with Crippen LogP contribution in [0, 0.1) is 0 Å². The fourth-order valence-corrected chi connectivity index (χ4v) is 1.75. The fraction of sp³-hybridized carbons (Fsp3) is 0.400. The molecule has 0 N–H and O–H groups in total. The molecule has 0 aliphatic carbocycles.